The van der Waals surface area contributed by atoms with Crippen LogP contribution in [-0.4, -0.2) is 65.7 Å². The van der Waals surface area contributed by atoms with E-state index in [0.29, 0.717) is 24.3 Å². The number of pyridine rings is 1. The molecule has 4 heterocycles. The van der Waals surface area contributed by atoms with Gasteiger partial charge in [0.25, 0.3) is 5.91 Å². The topological polar surface area (TPSA) is 114 Å². The number of piperidine rings is 1. The number of benzene rings is 1. The van der Waals surface area contributed by atoms with Gasteiger partial charge >= 0.3 is 12.1 Å². The summed E-state index contributed by atoms with van der Waals surface area (Å²) in [5.41, 5.74) is 3.50. The Labute approximate surface area is 207 Å². The molecule has 0 unspecified atom stereocenters. The number of aliphatic carboxylic acids is 1. The fraction of sp³-hybridized carbons (Fsp3) is 0.250. The zero-order valence-electron chi connectivity index (χ0n) is 19.1. The number of carbonyl (C=O) groups excluding carboxylic acids is 1. The van der Waals surface area contributed by atoms with Crippen LogP contribution in [0.5, 0.6) is 0 Å². The number of rotatable bonds is 3. The summed E-state index contributed by atoms with van der Waals surface area (Å²) in [6, 6.07) is 9.69. The molecule has 13 heteroatoms. The maximum atomic E-state index is 13.1. The molecule has 0 aliphatic carbocycles. The number of imidazole rings is 1. The Bertz CT molecular complexity index is 1390. The number of aromatic nitrogens is 5. The molecule has 4 aromatic rings. The number of carbonyl (C=O) groups is 2. The molecule has 0 spiro atoms. The van der Waals surface area contributed by atoms with E-state index in [1.807, 2.05) is 17.0 Å². The molecule has 3 aromatic heterocycles. The van der Waals surface area contributed by atoms with Crippen molar-refractivity contribution >= 4 is 23.2 Å². The summed E-state index contributed by atoms with van der Waals surface area (Å²) < 4.78 is 46.9. The third-order valence-electron chi connectivity index (χ3n) is 5.72. The van der Waals surface area contributed by atoms with E-state index >= 15 is 0 Å². The van der Waals surface area contributed by atoms with Crippen molar-refractivity contribution in [2.45, 2.75) is 25.1 Å². The van der Waals surface area contributed by atoms with E-state index in [1.165, 1.54) is 24.3 Å². The molecular weight excluding hydrogens is 496 g/mol. The third-order valence-corrected chi connectivity index (χ3v) is 5.72. The Kier molecular flexibility index (Phi) is 7.41. The van der Waals surface area contributed by atoms with Crippen molar-refractivity contribution in [2.75, 3.05) is 13.1 Å². The van der Waals surface area contributed by atoms with Crippen molar-refractivity contribution in [3.63, 3.8) is 0 Å². The average molecular weight is 516 g/mol. The van der Waals surface area contributed by atoms with Crippen molar-refractivity contribution in [1.29, 1.82) is 0 Å². The number of carboxylic acid groups (broad SMARTS) is 1. The van der Waals surface area contributed by atoms with E-state index in [0.717, 1.165) is 29.7 Å². The van der Waals surface area contributed by atoms with Gasteiger partial charge in [-0.2, -0.15) is 13.2 Å². The normalized spacial score (nSPS) is 14.2. The zero-order valence-corrected chi connectivity index (χ0v) is 19.1. The number of hydrogen-bond acceptors (Lipinski definition) is 6. The van der Waals surface area contributed by atoms with Crippen molar-refractivity contribution in [3.05, 3.63) is 72.7 Å². The van der Waals surface area contributed by atoms with Crippen LogP contribution in [0, 0.1) is 5.82 Å². The quantitative estimate of drug-likeness (QED) is 0.407. The van der Waals surface area contributed by atoms with Crippen LogP contribution in [0.25, 0.3) is 22.6 Å². The van der Waals surface area contributed by atoms with Gasteiger partial charge in [0.1, 0.15) is 5.82 Å². The summed E-state index contributed by atoms with van der Waals surface area (Å²) >= 11 is 0. The summed E-state index contributed by atoms with van der Waals surface area (Å²) in [6.45, 7) is 1.24. The molecule has 0 bridgehead atoms. The first kappa shape index (κ1) is 25.7. The van der Waals surface area contributed by atoms with Crippen LogP contribution < -0.4 is 0 Å². The predicted octanol–water partition coefficient (Wildman–Crippen LogP) is 4.14. The molecule has 1 fully saturated rings. The smallest absolute Gasteiger partial charge is 0.475 e. The van der Waals surface area contributed by atoms with Gasteiger partial charge in [-0.1, -0.05) is 0 Å². The molecule has 1 aromatic carbocycles. The molecule has 0 saturated carbocycles. The summed E-state index contributed by atoms with van der Waals surface area (Å²) in [5, 5.41) is 7.12. The molecule has 0 radical (unpaired) electrons. The van der Waals surface area contributed by atoms with Gasteiger partial charge in [-0.25, -0.2) is 24.1 Å². The molecule has 37 heavy (non-hydrogen) atoms. The van der Waals surface area contributed by atoms with Crippen LogP contribution in [0.4, 0.5) is 17.6 Å². The van der Waals surface area contributed by atoms with Gasteiger partial charge in [-0.3, -0.25) is 9.78 Å². The van der Waals surface area contributed by atoms with Gasteiger partial charge in [-0.15, -0.1) is 0 Å². The lowest BCUT2D eigenvalue weighted by atomic mass is 10.0. The molecule has 192 valence electrons. The second-order valence-electron chi connectivity index (χ2n) is 8.13. The Morgan fingerprint density at radius 1 is 1.00 bits per heavy atom. The van der Waals surface area contributed by atoms with Gasteiger partial charge in [0.05, 0.1) is 18.2 Å². The Hall–Kier alpha value is -4.42. The van der Waals surface area contributed by atoms with Crippen LogP contribution in [0.3, 0.4) is 0 Å². The van der Waals surface area contributed by atoms with Gasteiger partial charge in [0.15, 0.2) is 11.3 Å². The highest BCUT2D eigenvalue weighted by molar-refractivity contribution is 5.94. The lowest BCUT2D eigenvalue weighted by Crippen LogP contribution is -2.39. The van der Waals surface area contributed by atoms with E-state index in [9.17, 15) is 22.4 Å². The second-order valence-corrected chi connectivity index (χ2v) is 8.13. The predicted molar refractivity (Wildman–Crippen MR) is 123 cm³/mol. The van der Waals surface area contributed by atoms with Crippen molar-refractivity contribution in [3.8, 4) is 11.3 Å². The highest BCUT2D eigenvalue weighted by Gasteiger charge is 2.38. The van der Waals surface area contributed by atoms with Crippen LogP contribution in [0.15, 0.2) is 61.3 Å². The molecule has 1 N–H and O–H groups in total. The van der Waals surface area contributed by atoms with Crippen molar-refractivity contribution in [2.24, 2.45) is 0 Å². The first-order valence-corrected chi connectivity index (χ1v) is 11.1. The van der Waals surface area contributed by atoms with E-state index in [1.54, 1.807) is 24.9 Å². The molecule has 1 saturated heterocycles. The van der Waals surface area contributed by atoms with Crippen LogP contribution >= 0.6 is 0 Å². The van der Waals surface area contributed by atoms with E-state index < -0.39 is 12.1 Å². The summed E-state index contributed by atoms with van der Waals surface area (Å²) in [7, 11) is 0. The highest BCUT2D eigenvalue weighted by atomic mass is 19.4. The number of hydrogen-bond donors (Lipinski definition) is 1. The van der Waals surface area contributed by atoms with Gasteiger partial charge < -0.3 is 14.6 Å². The largest absolute Gasteiger partial charge is 0.490 e. The summed E-state index contributed by atoms with van der Waals surface area (Å²) in [4.78, 5) is 41.1. The molecule has 1 aliphatic rings. The minimum absolute atomic E-state index is 0.0670. The average Bonchev–Trinajstić information content (AvgIpc) is 3.32. The molecular formula is C24H20F4N6O3. The number of halogens is 4. The maximum Gasteiger partial charge on any atom is 0.490 e. The van der Waals surface area contributed by atoms with Gasteiger partial charge in [0, 0.05) is 42.7 Å². The molecule has 1 aliphatic heterocycles. The molecule has 0 atom stereocenters. The Balaban J connectivity index is 0.000000405. The van der Waals surface area contributed by atoms with E-state index in [-0.39, 0.29) is 17.8 Å². The number of likely N-dealkylation sites (tertiary alicyclic amines) is 1. The number of nitrogens with zero attached hydrogens (tertiary/aromatic N) is 6. The van der Waals surface area contributed by atoms with E-state index in [4.69, 9.17) is 14.9 Å². The monoisotopic (exact) mass is 516 g/mol. The first-order chi connectivity index (χ1) is 17.6. The van der Waals surface area contributed by atoms with Crippen molar-refractivity contribution < 1.29 is 32.3 Å². The third kappa shape index (κ3) is 6.05. The van der Waals surface area contributed by atoms with Crippen LogP contribution in [0.1, 0.15) is 29.2 Å². The highest BCUT2D eigenvalue weighted by Crippen LogP contribution is 2.27. The van der Waals surface area contributed by atoms with Crippen LogP contribution in [0.2, 0.25) is 0 Å². The fourth-order valence-electron chi connectivity index (χ4n) is 3.85. The Morgan fingerprint density at radius 2 is 1.68 bits per heavy atom. The van der Waals surface area contributed by atoms with Gasteiger partial charge in [0.2, 0.25) is 0 Å². The fourth-order valence-corrected chi connectivity index (χ4v) is 3.85. The van der Waals surface area contributed by atoms with E-state index in [2.05, 4.69) is 19.5 Å². The lowest BCUT2D eigenvalue weighted by molar-refractivity contribution is -0.192. The molecule has 1 amide bonds. The van der Waals surface area contributed by atoms with Gasteiger partial charge in [-0.05, 0) is 49.2 Å². The minimum atomic E-state index is -5.08. The maximum absolute atomic E-state index is 13.1. The number of alkyl halides is 3. The molecule has 5 rings (SSSR count). The standard InChI is InChI=1S/C22H19FN6O.C2HF3O2/c23-17-5-3-15(4-6-17)22(30)28-10-7-18(8-11-28)29-14-26-20-21(29)27-19(13-25-20)16-2-1-9-24-12-16;3-2(4,5)1(6)7/h1-6,9,12-14,18H,7-8,10-11H2;(H,6,7). The first-order valence-electron chi connectivity index (χ1n) is 11.1. The Morgan fingerprint density at radius 3 is 2.27 bits per heavy atom. The zero-order chi connectivity index (χ0) is 26.6. The number of amides is 1. The summed E-state index contributed by atoms with van der Waals surface area (Å²) in [5.74, 6) is -3.17. The lowest BCUT2D eigenvalue weighted by Gasteiger charge is -2.32. The minimum Gasteiger partial charge on any atom is -0.475 e. The second kappa shape index (κ2) is 10.7. The van der Waals surface area contributed by atoms with Crippen molar-refractivity contribution in [1.82, 2.24) is 29.4 Å². The molecule has 9 nitrogen and oxygen atoms in total. The SMILES string of the molecule is O=C(O)C(F)(F)F.O=C(c1ccc(F)cc1)N1CCC(n2cnc3ncc(-c4cccnc4)nc32)CC1. The number of carboxylic acids is 1. The van der Waals surface area contributed by atoms with Crippen LogP contribution in [-0.2, 0) is 4.79 Å². The number of fused-ring (bicyclic) bond motifs is 1. The summed E-state index contributed by atoms with van der Waals surface area (Å²) in [6.07, 6.45) is 3.46.